The van der Waals surface area contributed by atoms with Crippen LogP contribution in [0, 0.1) is 11.8 Å². The van der Waals surface area contributed by atoms with Crippen LogP contribution in [0.2, 0.25) is 0 Å². The molecule has 26 heavy (non-hydrogen) atoms. The van der Waals surface area contributed by atoms with Gasteiger partial charge in [-0.15, -0.1) is 0 Å². The number of carbonyl (C=O) groups is 2. The molecular weight excluding hydrogens is 338 g/mol. The molecule has 1 aliphatic rings. The molecule has 0 aromatic carbocycles. The molecule has 7 heteroatoms. The predicted molar refractivity (Wildman–Crippen MR) is 96.4 cm³/mol. The van der Waals surface area contributed by atoms with Crippen LogP contribution in [0.5, 0.6) is 0 Å². The van der Waals surface area contributed by atoms with Gasteiger partial charge in [0.15, 0.2) is 0 Å². The van der Waals surface area contributed by atoms with Gasteiger partial charge in [0, 0.05) is 11.6 Å². The number of nitrogens with zero attached hydrogens (tertiary/aromatic N) is 1. The fraction of sp³-hybridized carbons (Fsp3) is 0.789. The van der Waals surface area contributed by atoms with Gasteiger partial charge < -0.3 is 0 Å². The predicted octanol–water partition coefficient (Wildman–Crippen LogP) is 3.39. The summed E-state index contributed by atoms with van der Waals surface area (Å²) in [5.74, 6) is -0.431. The lowest BCUT2D eigenvalue weighted by molar-refractivity contribution is -0.504. The second-order valence-electron chi connectivity index (χ2n) is 8.39. The Kier molecular flexibility index (Phi) is 7.53. The summed E-state index contributed by atoms with van der Waals surface area (Å²) in [7, 11) is 0. The normalized spacial score (nSPS) is 16.5. The van der Waals surface area contributed by atoms with Gasteiger partial charge in [-0.25, -0.2) is 9.78 Å². The maximum absolute atomic E-state index is 12.1. The molecule has 1 heterocycles. The first-order valence-electron chi connectivity index (χ1n) is 9.01. The van der Waals surface area contributed by atoms with Crippen molar-refractivity contribution in [3.8, 4) is 0 Å². The highest BCUT2D eigenvalue weighted by Crippen LogP contribution is 2.25. The average molecular weight is 371 g/mol. The standard InChI is InChI=1S/C19H33NO6/c1-12(2)18(6,7)25-23-16(24-26-19(8,9)13(3)4)11-20-15(21)10-14(5)17(20)22/h10,12-13,16H,11H2,1-9H3. The molecule has 0 N–H and O–H groups in total. The Bertz CT molecular complexity index is 526. The maximum Gasteiger partial charge on any atom is 0.256 e. The second kappa shape index (κ2) is 8.61. The molecule has 0 fully saturated rings. The summed E-state index contributed by atoms with van der Waals surface area (Å²) in [5.41, 5.74) is -0.786. The first-order valence-corrected chi connectivity index (χ1v) is 9.01. The molecule has 0 saturated carbocycles. The molecule has 2 amide bonds. The fourth-order valence-corrected chi connectivity index (χ4v) is 1.58. The van der Waals surface area contributed by atoms with Crippen molar-refractivity contribution in [2.24, 2.45) is 11.8 Å². The molecular formula is C19H33NO6. The minimum absolute atomic E-state index is 0.131. The van der Waals surface area contributed by atoms with Crippen LogP contribution in [-0.4, -0.2) is 40.8 Å². The molecule has 150 valence electrons. The Morgan fingerprint density at radius 3 is 1.65 bits per heavy atom. The van der Waals surface area contributed by atoms with Gasteiger partial charge in [-0.1, -0.05) is 27.7 Å². The minimum atomic E-state index is -1.07. The lowest BCUT2D eigenvalue weighted by Gasteiger charge is -2.33. The third kappa shape index (κ3) is 5.87. The Balaban J connectivity index is 2.81. The van der Waals surface area contributed by atoms with Crippen LogP contribution in [0.25, 0.3) is 0 Å². The molecule has 0 saturated heterocycles. The zero-order valence-electron chi connectivity index (χ0n) is 17.4. The molecule has 0 aliphatic carbocycles. The van der Waals surface area contributed by atoms with E-state index in [0.29, 0.717) is 5.57 Å². The van der Waals surface area contributed by atoms with Crippen molar-refractivity contribution in [3.05, 3.63) is 11.6 Å². The second-order valence-corrected chi connectivity index (χ2v) is 8.39. The van der Waals surface area contributed by atoms with Gasteiger partial charge in [-0.05, 0) is 46.5 Å². The van der Waals surface area contributed by atoms with E-state index in [9.17, 15) is 9.59 Å². The van der Waals surface area contributed by atoms with Crippen LogP contribution in [-0.2, 0) is 29.1 Å². The Morgan fingerprint density at radius 1 is 0.923 bits per heavy atom. The van der Waals surface area contributed by atoms with Crippen LogP contribution >= 0.6 is 0 Å². The van der Waals surface area contributed by atoms with Gasteiger partial charge in [0.25, 0.3) is 11.8 Å². The van der Waals surface area contributed by atoms with Crippen molar-refractivity contribution in [2.45, 2.75) is 79.8 Å². The highest BCUT2D eigenvalue weighted by molar-refractivity contribution is 6.15. The summed E-state index contributed by atoms with van der Waals surface area (Å²) >= 11 is 0. The number of amides is 2. The summed E-state index contributed by atoms with van der Waals surface area (Å²) in [5, 5.41) is 0. The summed E-state index contributed by atoms with van der Waals surface area (Å²) in [6.45, 7) is 17.0. The average Bonchev–Trinajstić information content (AvgIpc) is 2.75. The van der Waals surface area contributed by atoms with Crippen LogP contribution in [0.4, 0.5) is 0 Å². The van der Waals surface area contributed by atoms with Crippen LogP contribution < -0.4 is 0 Å². The highest BCUT2D eigenvalue weighted by Gasteiger charge is 2.35. The van der Waals surface area contributed by atoms with E-state index in [1.807, 2.05) is 55.4 Å². The molecule has 1 rings (SSSR count). The third-order valence-corrected chi connectivity index (χ3v) is 5.04. The van der Waals surface area contributed by atoms with Crippen molar-refractivity contribution < 1.29 is 29.1 Å². The van der Waals surface area contributed by atoms with E-state index < -0.39 is 23.4 Å². The Labute approximate surface area is 156 Å². The smallest absolute Gasteiger partial charge is 0.256 e. The van der Waals surface area contributed by atoms with Crippen molar-refractivity contribution in [3.63, 3.8) is 0 Å². The third-order valence-electron chi connectivity index (χ3n) is 5.04. The summed E-state index contributed by atoms with van der Waals surface area (Å²) in [6, 6.07) is 0. The number of imide groups is 1. The lowest BCUT2D eigenvalue weighted by atomic mass is 9.95. The quantitative estimate of drug-likeness (QED) is 0.254. The molecule has 7 nitrogen and oxygen atoms in total. The van der Waals surface area contributed by atoms with Gasteiger partial charge in [-0.3, -0.25) is 14.5 Å². The number of carbonyl (C=O) groups excluding carboxylic acids is 2. The van der Waals surface area contributed by atoms with E-state index in [-0.39, 0.29) is 24.3 Å². The van der Waals surface area contributed by atoms with Gasteiger partial charge >= 0.3 is 0 Å². The van der Waals surface area contributed by atoms with Gasteiger partial charge in [0.1, 0.15) is 11.2 Å². The number of rotatable bonds is 10. The Morgan fingerprint density at radius 2 is 1.35 bits per heavy atom. The lowest BCUT2D eigenvalue weighted by Crippen LogP contribution is -2.43. The van der Waals surface area contributed by atoms with Gasteiger partial charge in [0.2, 0.25) is 6.29 Å². The Hall–Kier alpha value is -1.28. The largest absolute Gasteiger partial charge is 0.270 e. The van der Waals surface area contributed by atoms with Crippen molar-refractivity contribution in [2.75, 3.05) is 6.54 Å². The SMILES string of the molecule is CC1=CC(=O)N(CC(OOC(C)(C)C(C)C)OOC(C)(C)C(C)C)C1=O. The molecule has 0 spiro atoms. The van der Waals surface area contributed by atoms with Crippen molar-refractivity contribution >= 4 is 11.8 Å². The van der Waals surface area contributed by atoms with Crippen molar-refractivity contribution in [1.82, 2.24) is 4.90 Å². The highest BCUT2D eigenvalue weighted by atomic mass is 17.3. The molecule has 0 bridgehead atoms. The molecule has 0 atom stereocenters. The number of hydrogen-bond acceptors (Lipinski definition) is 6. The molecule has 1 aliphatic heterocycles. The zero-order chi connectivity index (χ0) is 20.3. The van der Waals surface area contributed by atoms with Crippen molar-refractivity contribution in [1.29, 1.82) is 0 Å². The molecule has 0 unspecified atom stereocenters. The van der Waals surface area contributed by atoms with E-state index >= 15 is 0 Å². The van der Waals surface area contributed by atoms with E-state index in [1.54, 1.807) is 6.92 Å². The maximum atomic E-state index is 12.1. The van der Waals surface area contributed by atoms with Crippen LogP contribution in [0.1, 0.15) is 62.3 Å². The minimum Gasteiger partial charge on any atom is -0.270 e. The molecule has 0 radical (unpaired) electrons. The van der Waals surface area contributed by atoms with Gasteiger partial charge in [0.05, 0.1) is 6.54 Å². The zero-order valence-corrected chi connectivity index (χ0v) is 17.4. The fourth-order valence-electron chi connectivity index (χ4n) is 1.58. The van der Waals surface area contributed by atoms with E-state index in [1.165, 1.54) is 6.08 Å². The molecule has 0 aromatic heterocycles. The first-order chi connectivity index (χ1) is 11.8. The summed E-state index contributed by atoms with van der Waals surface area (Å²) in [4.78, 5) is 47.0. The molecule has 0 aromatic rings. The monoisotopic (exact) mass is 371 g/mol. The summed E-state index contributed by atoms with van der Waals surface area (Å²) < 4.78 is 0. The van der Waals surface area contributed by atoms with E-state index in [4.69, 9.17) is 19.6 Å². The first kappa shape index (κ1) is 22.8. The topological polar surface area (TPSA) is 74.3 Å². The van der Waals surface area contributed by atoms with Crippen LogP contribution in [0.3, 0.4) is 0 Å². The number of hydrogen-bond donors (Lipinski definition) is 0. The van der Waals surface area contributed by atoms with Crippen LogP contribution in [0.15, 0.2) is 11.6 Å². The van der Waals surface area contributed by atoms with E-state index in [0.717, 1.165) is 4.90 Å². The summed E-state index contributed by atoms with van der Waals surface area (Å²) in [6.07, 6.45) is 0.218. The van der Waals surface area contributed by atoms with Gasteiger partial charge in [-0.2, -0.15) is 9.78 Å². The van der Waals surface area contributed by atoms with E-state index in [2.05, 4.69) is 0 Å².